The van der Waals surface area contributed by atoms with Crippen LogP contribution in [0.15, 0.2) is 27.6 Å². The highest BCUT2D eigenvalue weighted by Gasteiger charge is 2.21. The average molecular weight is 275 g/mol. The maximum atomic E-state index is 11.6. The van der Waals surface area contributed by atoms with Gasteiger partial charge in [0.2, 0.25) is 11.7 Å². The molecule has 0 aliphatic rings. The second-order valence-corrected chi connectivity index (χ2v) is 5.97. The summed E-state index contributed by atoms with van der Waals surface area (Å²) in [7, 11) is 1.71. The molecule has 0 spiro atoms. The monoisotopic (exact) mass is 275 g/mol. The summed E-state index contributed by atoms with van der Waals surface area (Å²) in [6, 6.07) is 3.33. The molecule has 0 fully saturated rings. The molecule has 0 unspecified atom stereocenters. The van der Waals surface area contributed by atoms with Crippen molar-refractivity contribution in [3.63, 3.8) is 0 Å². The fourth-order valence-electron chi connectivity index (χ4n) is 2.31. The molecule has 0 bridgehead atoms. The molecule has 0 amide bonds. The van der Waals surface area contributed by atoms with Crippen molar-refractivity contribution in [3.8, 4) is 11.4 Å². The molecule has 0 aliphatic carbocycles. The van der Waals surface area contributed by atoms with Gasteiger partial charge in [-0.25, -0.2) is 0 Å². The number of hydrogen-bond donors (Lipinski definition) is 0. The summed E-state index contributed by atoms with van der Waals surface area (Å²) in [5, 5.41) is 3.97. The van der Waals surface area contributed by atoms with Crippen LogP contribution in [0.3, 0.4) is 0 Å². The summed E-state index contributed by atoms with van der Waals surface area (Å²) < 4.78 is 6.81. The molecule has 20 heavy (non-hydrogen) atoms. The minimum absolute atomic E-state index is 0.0832. The Hall–Kier alpha value is -1.91. The van der Waals surface area contributed by atoms with E-state index in [1.165, 1.54) is 10.6 Å². The van der Waals surface area contributed by atoms with Crippen molar-refractivity contribution in [3.05, 3.63) is 34.6 Å². The second kappa shape index (κ2) is 5.61. The van der Waals surface area contributed by atoms with Gasteiger partial charge in [0.25, 0.3) is 5.56 Å². The predicted octanol–water partition coefficient (Wildman–Crippen LogP) is 2.80. The van der Waals surface area contributed by atoms with Gasteiger partial charge in [-0.2, -0.15) is 4.98 Å². The van der Waals surface area contributed by atoms with Gasteiger partial charge in [-0.1, -0.05) is 32.3 Å². The predicted molar refractivity (Wildman–Crippen MR) is 77.4 cm³/mol. The van der Waals surface area contributed by atoms with Crippen molar-refractivity contribution in [2.24, 2.45) is 12.5 Å². The molecule has 2 rings (SSSR count). The highest BCUT2D eigenvalue weighted by Crippen LogP contribution is 2.27. The zero-order valence-corrected chi connectivity index (χ0v) is 12.5. The topological polar surface area (TPSA) is 60.9 Å². The van der Waals surface area contributed by atoms with Gasteiger partial charge in [0.05, 0.1) is 0 Å². The van der Waals surface area contributed by atoms with Gasteiger partial charge >= 0.3 is 0 Å². The molecule has 5 nitrogen and oxygen atoms in total. The molecule has 0 saturated heterocycles. The Morgan fingerprint density at radius 2 is 2.15 bits per heavy atom. The Kier molecular flexibility index (Phi) is 4.06. The summed E-state index contributed by atoms with van der Waals surface area (Å²) in [5.74, 6) is 1.10. The van der Waals surface area contributed by atoms with Crippen molar-refractivity contribution in [2.75, 3.05) is 0 Å². The molecule has 0 radical (unpaired) electrons. The maximum Gasteiger partial charge on any atom is 0.250 e. The molecular formula is C15H21N3O2. The van der Waals surface area contributed by atoms with Crippen LogP contribution in [0.2, 0.25) is 0 Å². The first-order valence-electron chi connectivity index (χ1n) is 6.91. The van der Waals surface area contributed by atoms with Gasteiger partial charge in [-0.3, -0.25) is 4.79 Å². The third-order valence-corrected chi connectivity index (χ3v) is 3.39. The van der Waals surface area contributed by atoms with E-state index < -0.39 is 0 Å². The van der Waals surface area contributed by atoms with Crippen molar-refractivity contribution >= 4 is 0 Å². The number of aryl methyl sites for hydroxylation is 1. The van der Waals surface area contributed by atoms with Crippen LogP contribution in [0, 0.1) is 5.41 Å². The Labute approximate surface area is 118 Å². The highest BCUT2D eigenvalue weighted by atomic mass is 16.5. The Balaban J connectivity index is 2.20. The SMILES string of the molecule is CCCC(C)(C)Cc1nc(-c2ccn(C)c(=O)c2)no1. The van der Waals surface area contributed by atoms with E-state index in [1.54, 1.807) is 13.2 Å². The van der Waals surface area contributed by atoms with Crippen LogP contribution in [0.5, 0.6) is 0 Å². The fourth-order valence-corrected chi connectivity index (χ4v) is 2.31. The molecule has 2 heterocycles. The normalized spacial score (nSPS) is 11.8. The minimum atomic E-state index is -0.0832. The Morgan fingerprint density at radius 1 is 1.40 bits per heavy atom. The van der Waals surface area contributed by atoms with E-state index in [2.05, 4.69) is 30.9 Å². The molecule has 0 N–H and O–H groups in total. The van der Waals surface area contributed by atoms with E-state index >= 15 is 0 Å². The molecule has 0 atom stereocenters. The van der Waals surface area contributed by atoms with Crippen molar-refractivity contribution in [1.82, 2.24) is 14.7 Å². The summed E-state index contributed by atoms with van der Waals surface area (Å²) in [6.07, 6.45) is 4.69. The van der Waals surface area contributed by atoms with Gasteiger partial charge in [0.1, 0.15) is 0 Å². The Morgan fingerprint density at radius 3 is 2.80 bits per heavy atom. The molecule has 0 aliphatic heterocycles. The van der Waals surface area contributed by atoms with Crippen LogP contribution >= 0.6 is 0 Å². The zero-order valence-electron chi connectivity index (χ0n) is 12.5. The quantitative estimate of drug-likeness (QED) is 0.841. The van der Waals surface area contributed by atoms with Gasteiger partial charge in [-0.05, 0) is 17.9 Å². The first-order chi connectivity index (χ1) is 9.41. The molecule has 0 saturated carbocycles. The van der Waals surface area contributed by atoms with E-state index in [1.807, 2.05) is 6.07 Å². The fraction of sp³-hybridized carbons (Fsp3) is 0.533. The average Bonchev–Trinajstić information content (AvgIpc) is 2.80. The number of nitrogens with zero attached hydrogens (tertiary/aromatic N) is 3. The largest absolute Gasteiger partial charge is 0.339 e. The minimum Gasteiger partial charge on any atom is -0.339 e. The van der Waals surface area contributed by atoms with E-state index in [0.29, 0.717) is 17.3 Å². The van der Waals surface area contributed by atoms with Crippen molar-refractivity contribution < 1.29 is 4.52 Å². The van der Waals surface area contributed by atoms with Gasteiger partial charge in [0, 0.05) is 31.3 Å². The molecule has 0 aromatic carbocycles. The molecule has 2 aromatic rings. The zero-order chi connectivity index (χ0) is 14.8. The highest BCUT2D eigenvalue weighted by molar-refractivity contribution is 5.52. The summed E-state index contributed by atoms with van der Waals surface area (Å²) in [6.45, 7) is 6.55. The third-order valence-electron chi connectivity index (χ3n) is 3.39. The standard InChI is InChI=1S/C15H21N3O2/c1-5-7-15(2,3)10-12-16-14(17-20-12)11-6-8-18(4)13(19)9-11/h6,8-9H,5,7,10H2,1-4H3. The number of aromatic nitrogens is 3. The Bertz CT molecular complexity index is 641. The number of pyridine rings is 1. The lowest BCUT2D eigenvalue weighted by atomic mass is 9.85. The van der Waals surface area contributed by atoms with Crippen LogP contribution in [-0.4, -0.2) is 14.7 Å². The number of hydrogen-bond acceptors (Lipinski definition) is 4. The summed E-state index contributed by atoms with van der Waals surface area (Å²) in [4.78, 5) is 16.0. The van der Waals surface area contributed by atoms with Crippen LogP contribution in [0.4, 0.5) is 0 Å². The van der Waals surface area contributed by atoms with E-state index in [0.717, 1.165) is 19.3 Å². The maximum absolute atomic E-state index is 11.6. The van der Waals surface area contributed by atoms with Crippen LogP contribution in [-0.2, 0) is 13.5 Å². The molecule has 2 aromatic heterocycles. The van der Waals surface area contributed by atoms with Crippen LogP contribution in [0.25, 0.3) is 11.4 Å². The van der Waals surface area contributed by atoms with Crippen LogP contribution < -0.4 is 5.56 Å². The molecular weight excluding hydrogens is 254 g/mol. The van der Waals surface area contributed by atoms with E-state index in [9.17, 15) is 4.79 Å². The van der Waals surface area contributed by atoms with Crippen molar-refractivity contribution in [1.29, 1.82) is 0 Å². The summed E-state index contributed by atoms with van der Waals surface area (Å²) >= 11 is 0. The smallest absolute Gasteiger partial charge is 0.250 e. The van der Waals surface area contributed by atoms with Gasteiger partial charge in [0.15, 0.2) is 0 Å². The second-order valence-electron chi connectivity index (χ2n) is 5.97. The summed E-state index contributed by atoms with van der Waals surface area (Å²) in [5.41, 5.74) is 0.752. The van der Waals surface area contributed by atoms with E-state index in [-0.39, 0.29) is 11.0 Å². The first-order valence-corrected chi connectivity index (χ1v) is 6.91. The van der Waals surface area contributed by atoms with Gasteiger partial charge in [-0.15, -0.1) is 0 Å². The lowest BCUT2D eigenvalue weighted by Crippen LogP contribution is -2.15. The lowest BCUT2D eigenvalue weighted by molar-refractivity contribution is 0.275. The molecule has 5 heteroatoms. The third kappa shape index (κ3) is 3.35. The molecule has 108 valence electrons. The number of rotatable bonds is 5. The van der Waals surface area contributed by atoms with Gasteiger partial charge < -0.3 is 9.09 Å². The lowest BCUT2D eigenvalue weighted by Gasteiger charge is -2.21. The van der Waals surface area contributed by atoms with E-state index in [4.69, 9.17) is 4.52 Å². The van der Waals surface area contributed by atoms with Crippen molar-refractivity contribution in [2.45, 2.75) is 40.0 Å². The first kappa shape index (κ1) is 14.5. The van der Waals surface area contributed by atoms with Crippen LogP contribution in [0.1, 0.15) is 39.5 Å².